The van der Waals surface area contributed by atoms with Gasteiger partial charge in [0, 0.05) is 26.2 Å². The standard InChI is InChI=1S/C16H21FN4O4S/c1-24-10-16-19-18-11-21(16)13-5-7-20(8-6-13)26(22,23)15-9-12(17)3-4-14(15)25-2/h3-4,9,11,13H,5-8,10H2,1-2H3. The van der Waals surface area contributed by atoms with Crippen molar-refractivity contribution < 1.29 is 22.3 Å². The molecule has 2 heterocycles. The van der Waals surface area contributed by atoms with Crippen LogP contribution in [0.3, 0.4) is 0 Å². The third-order valence-corrected chi connectivity index (χ3v) is 6.40. The first-order valence-electron chi connectivity index (χ1n) is 8.18. The summed E-state index contributed by atoms with van der Waals surface area (Å²) in [6.07, 6.45) is 2.84. The molecule has 0 spiro atoms. The van der Waals surface area contributed by atoms with Crippen LogP contribution in [0, 0.1) is 5.82 Å². The molecule has 142 valence electrons. The molecule has 3 rings (SSSR count). The van der Waals surface area contributed by atoms with Crippen LogP contribution in [0.2, 0.25) is 0 Å². The van der Waals surface area contributed by atoms with Gasteiger partial charge in [-0.05, 0) is 31.0 Å². The first-order valence-corrected chi connectivity index (χ1v) is 9.62. The lowest BCUT2D eigenvalue weighted by molar-refractivity contribution is 0.167. The fourth-order valence-electron chi connectivity index (χ4n) is 3.16. The number of aromatic nitrogens is 3. The lowest BCUT2D eigenvalue weighted by atomic mass is 10.1. The van der Waals surface area contributed by atoms with Crippen molar-refractivity contribution in [2.45, 2.75) is 30.4 Å². The van der Waals surface area contributed by atoms with Gasteiger partial charge >= 0.3 is 0 Å². The lowest BCUT2D eigenvalue weighted by Gasteiger charge is -2.32. The van der Waals surface area contributed by atoms with Crippen molar-refractivity contribution >= 4 is 10.0 Å². The predicted octanol–water partition coefficient (Wildman–Crippen LogP) is 1.60. The summed E-state index contributed by atoms with van der Waals surface area (Å²) in [5.41, 5.74) is 0. The minimum atomic E-state index is -3.84. The van der Waals surface area contributed by atoms with Crippen LogP contribution in [-0.4, -0.2) is 54.8 Å². The molecular weight excluding hydrogens is 363 g/mol. The minimum Gasteiger partial charge on any atom is -0.495 e. The van der Waals surface area contributed by atoms with Crippen molar-refractivity contribution in [2.24, 2.45) is 0 Å². The zero-order valence-electron chi connectivity index (χ0n) is 14.6. The Labute approximate surface area is 151 Å². The number of nitrogens with zero attached hydrogens (tertiary/aromatic N) is 4. The number of hydrogen-bond acceptors (Lipinski definition) is 6. The van der Waals surface area contributed by atoms with Crippen LogP contribution < -0.4 is 4.74 Å². The van der Waals surface area contributed by atoms with E-state index in [0.29, 0.717) is 38.4 Å². The highest BCUT2D eigenvalue weighted by atomic mass is 32.2. The van der Waals surface area contributed by atoms with Crippen molar-refractivity contribution in [2.75, 3.05) is 27.3 Å². The normalized spacial score (nSPS) is 16.7. The summed E-state index contributed by atoms with van der Waals surface area (Å²) in [5.74, 6) is 0.225. The summed E-state index contributed by atoms with van der Waals surface area (Å²) < 4.78 is 52.9. The van der Waals surface area contributed by atoms with Gasteiger partial charge in [-0.15, -0.1) is 10.2 Å². The largest absolute Gasteiger partial charge is 0.495 e. The van der Waals surface area contributed by atoms with Crippen molar-refractivity contribution in [1.29, 1.82) is 0 Å². The molecule has 1 saturated heterocycles. The van der Waals surface area contributed by atoms with Gasteiger partial charge in [-0.1, -0.05) is 0 Å². The van der Waals surface area contributed by atoms with E-state index in [9.17, 15) is 12.8 Å². The predicted molar refractivity (Wildman–Crippen MR) is 90.7 cm³/mol. The van der Waals surface area contributed by atoms with Crippen LogP contribution >= 0.6 is 0 Å². The van der Waals surface area contributed by atoms with E-state index < -0.39 is 15.8 Å². The monoisotopic (exact) mass is 384 g/mol. The maximum Gasteiger partial charge on any atom is 0.246 e. The second kappa shape index (κ2) is 7.68. The topological polar surface area (TPSA) is 86.6 Å². The molecule has 1 aromatic heterocycles. The number of piperidine rings is 1. The molecule has 1 fully saturated rings. The Balaban J connectivity index is 1.77. The lowest BCUT2D eigenvalue weighted by Crippen LogP contribution is -2.39. The fraction of sp³-hybridized carbons (Fsp3) is 0.500. The van der Waals surface area contributed by atoms with Gasteiger partial charge in [-0.3, -0.25) is 0 Å². The fourth-order valence-corrected chi connectivity index (χ4v) is 4.79. The van der Waals surface area contributed by atoms with E-state index in [1.54, 1.807) is 13.4 Å². The van der Waals surface area contributed by atoms with Crippen LogP contribution in [0.15, 0.2) is 29.4 Å². The highest BCUT2D eigenvalue weighted by Crippen LogP contribution is 2.31. The van der Waals surface area contributed by atoms with E-state index in [4.69, 9.17) is 9.47 Å². The third kappa shape index (κ3) is 3.57. The molecule has 0 amide bonds. The first kappa shape index (κ1) is 18.7. The van der Waals surface area contributed by atoms with E-state index in [1.165, 1.54) is 23.5 Å². The molecule has 1 aliphatic heterocycles. The highest BCUT2D eigenvalue weighted by molar-refractivity contribution is 7.89. The molecule has 2 aromatic rings. The summed E-state index contributed by atoms with van der Waals surface area (Å²) >= 11 is 0. The molecule has 0 N–H and O–H groups in total. The number of ether oxygens (including phenoxy) is 2. The Morgan fingerprint density at radius 2 is 2.00 bits per heavy atom. The van der Waals surface area contributed by atoms with Crippen LogP contribution in [-0.2, 0) is 21.4 Å². The molecular formula is C16H21FN4O4S. The first-order chi connectivity index (χ1) is 12.5. The van der Waals surface area contributed by atoms with Crippen LogP contribution in [0.25, 0.3) is 0 Å². The maximum atomic E-state index is 13.6. The molecule has 1 aliphatic rings. The van der Waals surface area contributed by atoms with E-state index in [1.807, 2.05) is 4.57 Å². The molecule has 0 saturated carbocycles. The van der Waals surface area contributed by atoms with Crippen molar-refractivity contribution in [3.63, 3.8) is 0 Å². The van der Waals surface area contributed by atoms with Gasteiger partial charge in [0.25, 0.3) is 0 Å². The number of hydrogen-bond donors (Lipinski definition) is 0. The minimum absolute atomic E-state index is 0.0935. The summed E-state index contributed by atoms with van der Waals surface area (Å²) in [5, 5.41) is 7.93. The Bertz CT molecular complexity index is 863. The molecule has 0 aliphatic carbocycles. The van der Waals surface area contributed by atoms with E-state index in [0.717, 1.165) is 6.07 Å². The summed E-state index contributed by atoms with van der Waals surface area (Å²) in [6.45, 7) is 0.980. The van der Waals surface area contributed by atoms with Crippen LogP contribution in [0.5, 0.6) is 5.75 Å². The summed E-state index contributed by atoms with van der Waals surface area (Å²) in [6, 6.07) is 3.59. The zero-order valence-corrected chi connectivity index (χ0v) is 15.4. The van der Waals surface area contributed by atoms with E-state index >= 15 is 0 Å². The second-order valence-corrected chi connectivity index (χ2v) is 7.92. The smallest absolute Gasteiger partial charge is 0.246 e. The van der Waals surface area contributed by atoms with Crippen molar-refractivity contribution in [3.05, 3.63) is 36.2 Å². The molecule has 0 radical (unpaired) electrons. The van der Waals surface area contributed by atoms with E-state index in [-0.39, 0.29) is 16.7 Å². The Morgan fingerprint density at radius 3 is 2.65 bits per heavy atom. The SMILES string of the molecule is COCc1nncn1C1CCN(S(=O)(=O)c2cc(F)ccc2OC)CC1. The molecule has 26 heavy (non-hydrogen) atoms. The molecule has 1 aromatic carbocycles. The van der Waals surface area contributed by atoms with Gasteiger partial charge in [-0.2, -0.15) is 4.31 Å². The van der Waals surface area contributed by atoms with Gasteiger partial charge in [-0.25, -0.2) is 12.8 Å². The highest BCUT2D eigenvalue weighted by Gasteiger charge is 2.32. The average molecular weight is 384 g/mol. The van der Waals surface area contributed by atoms with Crippen molar-refractivity contribution in [3.8, 4) is 5.75 Å². The van der Waals surface area contributed by atoms with Gasteiger partial charge in [0.15, 0.2) is 5.82 Å². The zero-order chi connectivity index (χ0) is 18.7. The van der Waals surface area contributed by atoms with Gasteiger partial charge < -0.3 is 14.0 Å². The molecule has 0 bridgehead atoms. The Kier molecular flexibility index (Phi) is 5.54. The van der Waals surface area contributed by atoms with Gasteiger partial charge in [0.2, 0.25) is 10.0 Å². The quantitative estimate of drug-likeness (QED) is 0.752. The number of halogens is 1. The summed E-state index contributed by atoms with van der Waals surface area (Å²) in [7, 11) is -0.890. The number of methoxy groups -OCH3 is 2. The molecule has 0 unspecified atom stereocenters. The number of rotatable bonds is 6. The molecule has 8 nitrogen and oxygen atoms in total. The third-order valence-electron chi connectivity index (χ3n) is 4.48. The average Bonchev–Trinajstić information content (AvgIpc) is 3.10. The number of sulfonamides is 1. The van der Waals surface area contributed by atoms with Gasteiger partial charge in [0.05, 0.1) is 7.11 Å². The second-order valence-electron chi connectivity index (χ2n) is 6.02. The van der Waals surface area contributed by atoms with Crippen molar-refractivity contribution in [1.82, 2.24) is 19.1 Å². The maximum absolute atomic E-state index is 13.6. The Hall–Kier alpha value is -2.04. The number of benzene rings is 1. The van der Waals surface area contributed by atoms with Crippen LogP contribution in [0.4, 0.5) is 4.39 Å². The molecule has 0 atom stereocenters. The van der Waals surface area contributed by atoms with Crippen LogP contribution in [0.1, 0.15) is 24.7 Å². The summed E-state index contributed by atoms with van der Waals surface area (Å²) in [4.78, 5) is -0.150. The van der Waals surface area contributed by atoms with E-state index in [2.05, 4.69) is 10.2 Å². The Morgan fingerprint density at radius 1 is 1.27 bits per heavy atom. The molecule has 10 heteroatoms. The van der Waals surface area contributed by atoms with Gasteiger partial charge in [0.1, 0.15) is 29.4 Å².